The van der Waals surface area contributed by atoms with E-state index in [9.17, 15) is 19.5 Å². The van der Waals surface area contributed by atoms with Crippen LogP contribution in [0.25, 0.3) is 0 Å². The van der Waals surface area contributed by atoms with Gasteiger partial charge in [-0.25, -0.2) is 4.79 Å². The number of rotatable bonds is 5. The number of carboxylic acid groups (broad SMARTS) is 1. The zero-order valence-electron chi connectivity index (χ0n) is 15.1. The van der Waals surface area contributed by atoms with Crippen LogP contribution in [0.15, 0.2) is 24.3 Å². The summed E-state index contributed by atoms with van der Waals surface area (Å²) in [5.74, 6) is -2.50. The van der Waals surface area contributed by atoms with E-state index in [2.05, 4.69) is 12.4 Å². The van der Waals surface area contributed by atoms with Crippen LogP contribution in [0, 0.1) is 0 Å². The third kappa shape index (κ3) is 3.86. The zero-order valence-corrected chi connectivity index (χ0v) is 15.9. The molecule has 1 amide bonds. The van der Waals surface area contributed by atoms with E-state index in [1.165, 1.54) is 34.4 Å². The Kier molecular flexibility index (Phi) is 5.57. The number of thiophene rings is 1. The standard InChI is InChI=1S/C19H20N2O5S/c1-3-26-19(25)15-13-8-9-21(2)10-14(13)27-17(15)20-16(22)11-6-4-5-7-12(11)18(23)24/h4-7H,3,8-10H2,1-2H3,(H,20,22)(H,23,24). The smallest absolute Gasteiger partial charge is 0.341 e. The zero-order chi connectivity index (χ0) is 19.6. The molecule has 0 bridgehead atoms. The first-order valence-electron chi connectivity index (χ1n) is 8.67. The number of fused-ring (bicyclic) bond motifs is 1. The number of carbonyl (C=O) groups is 3. The maximum absolute atomic E-state index is 12.7. The number of anilines is 1. The highest BCUT2D eigenvalue weighted by Crippen LogP contribution is 2.35. The van der Waals surface area contributed by atoms with E-state index in [0.717, 1.165) is 30.0 Å². The van der Waals surface area contributed by atoms with E-state index in [0.29, 0.717) is 10.6 Å². The first kappa shape index (κ1) is 19.1. The Labute approximate surface area is 160 Å². The number of benzene rings is 1. The van der Waals surface area contributed by atoms with Crippen LogP contribution in [-0.2, 0) is 17.7 Å². The minimum absolute atomic E-state index is 0.0126. The van der Waals surface area contributed by atoms with Crippen molar-refractivity contribution in [1.29, 1.82) is 0 Å². The summed E-state index contributed by atoms with van der Waals surface area (Å²) in [6.07, 6.45) is 0.720. The van der Waals surface area contributed by atoms with Crippen molar-refractivity contribution >= 4 is 34.2 Å². The van der Waals surface area contributed by atoms with E-state index < -0.39 is 17.8 Å². The van der Waals surface area contributed by atoms with Crippen molar-refractivity contribution in [2.75, 3.05) is 25.5 Å². The number of aromatic carboxylic acids is 1. The van der Waals surface area contributed by atoms with Gasteiger partial charge >= 0.3 is 5.97 Å². The van der Waals surface area contributed by atoms with Gasteiger partial charge in [0.25, 0.3) is 5.91 Å². The number of nitrogens with one attached hydrogen (secondary N) is 2. The van der Waals surface area contributed by atoms with Crippen molar-refractivity contribution in [3.8, 4) is 0 Å². The van der Waals surface area contributed by atoms with Crippen LogP contribution < -0.4 is 15.3 Å². The molecule has 7 nitrogen and oxygen atoms in total. The summed E-state index contributed by atoms with van der Waals surface area (Å²) in [7, 11) is 2.07. The van der Waals surface area contributed by atoms with E-state index in [1.54, 1.807) is 13.0 Å². The quantitative estimate of drug-likeness (QED) is 0.709. The van der Waals surface area contributed by atoms with Crippen molar-refractivity contribution in [2.24, 2.45) is 0 Å². The maximum Gasteiger partial charge on any atom is 0.341 e. The maximum atomic E-state index is 12.7. The topological polar surface area (TPSA) is 100.0 Å². The number of carboxylic acids is 1. The molecule has 1 unspecified atom stereocenters. The first-order chi connectivity index (χ1) is 12.9. The number of ether oxygens (including phenoxy) is 1. The number of esters is 1. The van der Waals surface area contributed by atoms with Crippen molar-refractivity contribution in [2.45, 2.75) is 19.9 Å². The lowest BCUT2D eigenvalue weighted by atomic mass is 10.0. The van der Waals surface area contributed by atoms with Gasteiger partial charge in [0.1, 0.15) is 11.5 Å². The third-order valence-corrected chi connectivity index (χ3v) is 5.60. The Hall–Kier alpha value is -2.71. The van der Waals surface area contributed by atoms with E-state index in [-0.39, 0.29) is 17.7 Å². The van der Waals surface area contributed by atoms with E-state index in [4.69, 9.17) is 4.74 Å². The first-order valence-corrected chi connectivity index (χ1v) is 9.48. The van der Waals surface area contributed by atoms with Crippen LogP contribution >= 0.6 is 11.3 Å². The number of carbonyl (C=O) groups excluding carboxylic acids is 3. The third-order valence-electron chi connectivity index (χ3n) is 4.45. The molecule has 0 fully saturated rings. The lowest BCUT2D eigenvalue weighted by Gasteiger charge is -2.19. The molecule has 2 aromatic rings. The van der Waals surface area contributed by atoms with Crippen molar-refractivity contribution in [3.63, 3.8) is 0 Å². The fraction of sp³-hybridized carbons (Fsp3) is 0.316. The molecule has 1 aromatic heterocycles. The fourth-order valence-corrected chi connectivity index (χ4v) is 4.50. The Balaban J connectivity index is 1.98. The Morgan fingerprint density at radius 1 is 1.26 bits per heavy atom. The van der Waals surface area contributed by atoms with Crippen molar-refractivity contribution in [1.82, 2.24) is 0 Å². The van der Waals surface area contributed by atoms with Gasteiger partial charge in [-0.15, -0.1) is 11.3 Å². The fourth-order valence-electron chi connectivity index (χ4n) is 3.16. The highest BCUT2D eigenvalue weighted by molar-refractivity contribution is 7.17. The molecule has 1 atom stereocenters. The molecule has 3 rings (SSSR count). The second-order valence-electron chi connectivity index (χ2n) is 6.35. The minimum atomic E-state index is -1.43. The highest BCUT2D eigenvalue weighted by Gasteiger charge is 2.30. The van der Waals surface area contributed by atoms with Crippen LogP contribution in [0.4, 0.5) is 5.00 Å². The number of quaternary nitrogens is 1. The molecular weight excluding hydrogens is 368 g/mol. The lowest BCUT2D eigenvalue weighted by Crippen LogP contribution is -3.08. The molecule has 0 saturated heterocycles. The van der Waals surface area contributed by atoms with Crippen LogP contribution in [-0.4, -0.2) is 38.0 Å². The molecule has 1 aromatic carbocycles. The summed E-state index contributed by atoms with van der Waals surface area (Å²) in [4.78, 5) is 38.8. The molecule has 2 heterocycles. The number of likely N-dealkylation sites (N-methyl/N-ethyl adjacent to an activating group) is 1. The Morgan fingerprint density at radius 2 is 1.96 bits per heavy atom. The van der Waals surface area contributed by atoms with Gasteiger partial charge in [0.05, 0.1) is 36.6 Å². The molecule has 0 aliphatic carbocycles. The summed E-state index contributed by atoms with van der Waals surface area (Å²) in [6.45, 7) is 3.60. The normalized spacial score (nSPS) is 15.7. The average Bonchev–Trinajstić information content (AvgIpc) is 2.98. The van der Waals surface area contributed by atoms with Gasteiger partial charge in [-0.1, -0.05) is 18.2 Å². The molecule has 2 N–H and O–H groups in total. The number of hydrogen-bond acceptors (Lipinski definition) is 6. The SMILES string of the molecule is CCOC(=O)c1c(NC(=O)c2ccccc2C(=O)[O-])sc2c1CC[NH+](C)C2. The summed E-state index contributed by atoms with van der Waals surface area (Å²) >= 11 is 1.34. The second kappa shape index (κ2) is 7.89. The second-order valence-corrected chi connectivity index (χ2v) is 7.45. The predicted octanol–water partition coefficient (Wildman–Crippen LogP) is 0.111. The highest BCUT2D eigenvalue weighted by atomic mass is 32.1. The molecule has 0 saturated carbocycles. The van der Waals surface area contributed by atoms with Crippen LogP contribution in [0.5, 0.6) is 0 Å². The summed E-state index contributed by atoms with van der Waals surface area (Å²) in [6, 6.07) is 5.82. The molecule has 142 valence electrons. The monoisotopic (exact) mass is 388 g/mol. The van der Waals surface area contributed by atoms with Crippen LogP contribution in [0.1, 0.15) is 48.4 Å². The number of hydrogen-bond donors (Lipinski definition) is 2. The summed E-state index contributed by atoms with van der Waals surface area (Å²) in [5, 5.41) is 14.4. The van der Waals surface area contributed by atoms with Crippen LogP contribution in [0.3, 0.4) is 0 Å². The van der Waals surface area contributed by atoms with Gasteiger partial charge in [0.2, 0.25) is 0 Å². The van der Waals surface area contributed by atoms with Gasteiger partial charge in [0.15, 0.2) is 0 Å². The Bertz CT molecular complexity index is 906. The molecule has 8 heteroatoms. The summed E-state index contributed by atoms with van der Waals surface area (Å²) in [5.41, 5.74) is 1.08. The van der Waals surface area contributed by atoms with Gasteiger partial charge in [0, 0.05) is 17.5 Å². The van der Waals surface area contributed by atoms with Crippen molar-refractivity contribution in [3.05, 3.63) is 51.4 Å². The van der Waals surface area contributed by atoms with E-state index in [1.807, 2.05) is 0 Å². The summed E-state index contributed by atoms with van der Waals surface area (Å²) < 4.78 is 5.17. The largest absolute Gasteiger partial charge is 0.545 e. The predicted molar refractivity (Wildman–Crippen MR) is 98.2 cm³/mol. The molecule has 0 radical (unpaired) electrons. The Morgan fingerprint density at radius 3 is 2.63 bits per heavy atom. The average molecular weight is 388 g/mol. The minimum Gasteiger partial charge on any atom is -0.545 e. The van der Waals surface area contributed by atoms with E-state index >= 15 is 0 Å². The molecule has 1 aliphatic rings. The van der Waals surface area contributed by atoms with Gasteiger partial charge < -0.3 is 24.9 Å². The molecule has 0 spiro atoms. The van der Waals surface area contributed by atoms with Crippen molar-refractivity contribution < 1.29 is 29.1 Å². The van der Waals surface area contributed by atoms with Gasteiger partial charge in [-0.2, -0.15) is 0 Å². The van der Waals surface area contributed by atoms with Gasteiger partial charge in [-0.05, 0) is 18.6 Å². The van der Waals surface area contributed by atoms with Gasteiger partial charge in [-0.3, -0.25) is 4.79 Å². The lowest BCUT2D eigenvalue weighted by molar-refractivity contribution is -0.895. The number of amides is 1. The molecule has 1 aliphatic heterocycles. The molecule has 27 heavy (non-hydrogen) atoms. The molecular formula is C19H20N2O5S. The van der Waals surface area contributed by atoms with Crippen LogP contribution in [0.2, 0.25) is 0 Å².